The van der Waals surface area contributed by atoms with Crippen LogP contribution >= 0.6 is 0 Å². The molecule has 2 aromatic heterocycles. The molecule has 4 aromatic rings. The number of hydrogen-bond donors (Lipinski definition) is 2. The lowest BCUT2D eigenvalue weighted by atomic mass is 10.1. The molecular formula is C27H22F6N4O2. The number of aryl methyl sites for hydroxylation is 1. The summed E-state index contributed by atoms with van der Waals surface area (Å²) < 4.78 is 77.4. The highest BCUT2D eigenvalue weighted by Crippen LogP contribution is 2.33. The van der Waals surface area contributed by atoms with Crippen molar-refractivity contribution in [1.29, 1.82) is 0 Å². The molecule has 0 aliphatic heterocycles. The van der Waals surface area contributed by atoms with E-state index in [1.165, 1.54) is 23.1 Å². The molecule has 12 heteroatoms. The molecule has 1 amide bonds. The number of nitrogen functional groups attached to an aromatic ring is 1. The zero-order valence-electron chi connectivity index (χ0n) is 20.4. The quantitative estimate of drug-likeness (QED) is 0.290. The van der Waals surface area contributed by atoms with Crippen molar-refractivity contribution in [1.82, 2.24) is 14.9 Å². The molecule has 2 heterocycles. The van der Waals surface area contributed by atoms with Crippen LogP contribution in [0.4, 0.5) is 32.2 Å². The highest BCUT2D eigenvalue weighted by molar-refractivity contribution is 5.98. The first-order valence-electron chi connectivity index (χ1n) is 11.5. The molecule has 0 radical (unpaired) electrons. The van der Waals surface area contributed by atoms with Gasteiger partial charge in [0.05, 0.1) is 23.3 Å². The fourth-order valence-corrected chi connectivity index (χ4v) is 3.91. The maximum Gasteiger partial charge on any atom is 0.418 e. The Morgan fingerprint density at radius 2 is 1.67 bits per heavy atom. The number of halogens is 6. The van der Waals surface area contributed by atoms with Gasteiger partial charge in [-0.3, -0.25) is 9.78 Å². The second kappa shape index (κ2) is 10.5. The van der Waals surface area contributed by atoms with E-state index in [9.17, 15) is 36.2 Å². The van der Waals surface area contributed by atoms with Crippen LogP contribution in [0.1, 0.15) is 44.4 Å². The van der Waals surface area contributed by atoms with Crippen LogP contribution in [-0.2, 0) is 19.3 Å². The Labute approximate surface area is 218 Å². The van der Waals surface area contributed by atoms with Crippen molar-refractivity contribution < 1.29 is 36.2 Å². The number of hydrogen-bond acceptors (Lipinski definition) is 5. The summed E-state index contributed by atoms with van der Waals surface area (Å²) in [5.41, 5.74) is 6.66. The number of rotatable bonds is 6. The van der Waals surface area contributed by atoms with Crippen molar-refractivity contribution in [3.8, 4) is 0 Å². The van der Waals surface area contributed by atoms with Gasteiger partial charge in [-0.2, -0.15) is 26.3 Å². The van der Waals surface area contributed by atoms with Crippen molar-refractivity contribution in [3.05, 3.63) is 100 Å². The molecule has 1 unspecified atom stereocenters. The minimum atomic E-state index is -4.84. The molecule has 39 heavy (non-hydrogen) atoms. The Balaban J connectivity index is 1.65. The fraction of sp³-hybridized carbons (Fsp3) is 0.222. The Morgan fingerprint density at radius 1 is 0.974 bits per heavy atom. The van der Waals surface area contributed by atoms with Gasteiger partial charge in [0.1, 0.15) is 5.82 Å². The van der Waals surface area contributed by atoms with E-state index in [-0.39, 0.29) is 29.9 Å². The van der Waals surface area contributed by atoms with E-state index in [2.05, 4.69) is 9.97 Å². The summed E-state index contributed by atoms with van der Waals surface area (Å²) in [4.78, 5) is 23.0. The van der Waals surface area contributed by atoms with Crippen molar-refractivity contribution in [2.75, 3.05) is 5.73 Å². The largest absolute Gasteiger partial charge is 0.418 e. The third-order valence-electron chi connectivity index (χ3n) is 6.06. The van der Waals surface area contributed by atoms with Crippen LogP contribution in [0, 0.1) is 6.92 Å². The maximum atomic E-state index is 13.6. The van der Waals surface area contributed by atoms with Gasteiger partial charge < -0.3 is 15.7 Å². The van der Waals surface area contributed by atoms with Crippen LogP contribution < -0.4 is 5.73 Å². The molecular weight excluding hydrogens is 526 g/mol. The summed E-state index contributed by atoms with van der Waals surface area (Å²) in [5.74, 6) is -0.150. The minimum absolute atomic E-state index is 0.0962. The Kier molecular flexibility index (Phi) is 7.51. The van der Waals surface area contributed by atoms with Crippen LogP contribution in [0.2, 0.25) is 0 Å². The molecule has 0 aliphatic rings. The SMILES string of the molecule is Cc1cc2cc(C(=O)N(Cc3ccc(C(O)C(F)(F)F)cc3)Cc3ccc(C(F)(F)F)cn3)ccc2nc1N. The lowest BCUT2D eigenvalue weighted by molar-refractivity contribution is -0.206. The van der Waals surface area contributed by atoms with Gasteiger partial charge in [0.2, 0.25) is 0 Å². The summed E-state index contributed by atoms with van der Waals surface area (Å²) >= 11 is 0. The highest BCUT2D eigenvalue weighted by Gasteiger charge is 2.39. The molecule has 0 saturated heterocycles. The molecule has 1 atom stereocenters. The number of fused-ring (bicyclic) bond motifs is 1. The zero-order valence-corrected chi connectivity index (χ0v) is 20.4. The second-order valence-electron chi connectivity index (χ2n) is 8.98. The topological polar surface area (TPSA) is 92.3 Å². The van der Waals surface area contributed by atoms with E-state index < -0.39 is 29.9 Å². The molecule has 4 rings (SSSR count). The van der Waals surface area contributed by atoms with Gasteiger partial charge in [0, 0.05) is 23.7 Å². The van der Waals surface area contributed by atoms with Crippen LogP contribution in [-0.4, -0.2) is 32.1 Å². The summed E-state index contributed by atoms with van der Waals surface area (Å²) in [6.45, 7) is 1.49. The number of carbonyl (C=O) groups excluding carboxylic acids is 1. The first kappa shape index (κ1) is 27.8. The average Bonchev–Trinajstić information content (AvgIpc) is 2.87. The van der Waals surface area contributed by atoms with Gasteiger partial charge in [0.15, 0.2) is 6.10 Å². The van der Waals surface area contributed by atoms with Crippen LogP contribution in [0.25, 0.3) is 10.9 Å². The van der Waals surface area contributed by atoms with Crippen LogP contribution in [0.5, 0.6) is 0 Å². The number of nitrogens with two attached hydrogens (primary N) is 1. The van der Waals surface area contributed by atoms with E-state index in [0.717, 1.165) is 24.3 Å². The smallest absolute Gasteiger partial charge is 0.383 e. The van der Waals surface area contributed by atoms with Crippen molar-refractivity contribution >= 4 is 22.6 Å². The number of benzene rings is 2. The standard InChI is InChI=1S/C27H22F6N4O2/c1-15-10-19-11-18(6-9-22(19)36-24(15)34)25(39)37(14-21-8-7-20(12-35-21)26(28,29)30)13-16-2-4-17(5-3-16)23(38)27(31,32)33/h2-12,23,38H,13-14H2,1H3,(H2,34,36). The first-order chi connectivity index (χ1) is 18.2. The first-order valence-corrected chi connectivity index (χ1v) is 11.5. The summed E-state index contributed by atoms with van der Waals surface area (Å²) in [5, 5.41) is 10.1. The molecule has 204 valence electrons. The predicted octanol–water partition coefficient (Wildman–Crippen LogP) is 5.98. The highest BCUT2D eigenvalue weighted by atomic mass is 19.4. The zero-order chi connectivity index (χ0) is 28.5. The molecule has 0 aliphatic carbocycles. The van der Waals surface area contributed by atoms with Gasteiger partial charge in [-0.1, -0.05) is 24.3 Å². The summed E-state index contributed by atoms with van der Waals surface area (Å²) in [7, 11) is 0. The Morgan fingerprint density at radius 3 is 2.26 bits per heavy atom. The van der Waals surface area contributed by atoms with Crippen LogP contribution in [0.15, 0.2) is 66.9 Å². The summed E-state index contributed by atoms with van der Waals surface area (Å²) in [6.07, 6.45) is -11.4. The minimum Gasteiger partial charge on any atom is -0.383 e. The number of amides is 1. The lowest BCUT2D eigenvalue weighted by Crippen LogP contribution is -2.30. The molecule has 0 fully saturated rings. The number of carbonyl (C=O) groups is 1. The van der Waals surface area contributed by atoms with Gasteiger partial charge in [-0.05, 0) is 60.0 Å². The number of aliphatic hydroxyl groups excluding tert-OH is 1. The van der Waals surface area contributed by atoms with Crippen LogP contribution in [0.3, 0.4) is 0 Å². The third kappa shape index (κ3) is 6.45. The molecule has 3 N–H and O–H groups in total. The number of pyridine rings is 2. The van der Waals surface area contributed by atoms with Gasteiger partial charge >= 0.3 is 12.4 Å². The van der Waals surface area contributed by atoms with E-state index >= 15 is 0 Å². The Hall–Kier alpha value is -4.19. The van der Waals surface area contributed by atoms with Gasteiger partial charge in [-0.25, -0.2) is 4.98 Å². The number of anilines is 1. The maximum absolute atomic E-state index is 13.6. The number of aromatic nitrogens is 2. The van der Waals surface area contributed by atoms with Crippen molar-refractivity contribution in [2.45, 2.75) is 38.5 Å². The monoisotopic (exact) mass is 548 g/mol. The predicted molar refractivity (Wildman–Crippen MR) is 131 cm³/mol. The normalized spacial score (nSPS) is 12.9. The van der Waals surface area contributed by atoms with E-state index in [1.807, 2.05) is 0 Å². The van der Waals surface area contributed by atoms with Crippen molar-refractivity contribution in [2.24, 2.45) is 0 Å². The van der Waals surface area contributed by atoms with E-state index in [1.54, 1.807) is 25.1 Å². The van der Waals surface area contributed by atoms with E-state index in [0.29, 0.717) is 34.0 Å². The second-order valence-corrected chi connectivity index (χ2v) is 8.98. The number of alkyl halides is 6. The Bertz CT molecular complexity index is 1490. The number of nitrogens with zero attached hydrogens (tertiary/aromatic N) is 3. The third-order valence-corrected chi connectivity index (χ3v) is 6.06. The lowest BCUT2D eigenvalue weighted by Gasteiger charge is -2.23. The van der Waals surface area contributed by atoms with E-state index in [4.69, 9.17) is 5.73 Å². The molecule has 0 saturated carbocycles. The molecule has 2 aromatic carbocycles. The number of aliphatic hydroxyl groups is 1. The van der Waals surface area contributed by atoms with Gasteiger partial charge in [0.25, 0.3) is 5.91 Å². The van der Waals surface area contributed by atoms with Crippen molar-refractivity contribution in [3.63, 3.8) is 0 Å². The van der Waals surface area contributed by atoms with Gasteiger partial charge in [-0.15, -0.1) is 0 Å². The average molecular weight is 548 g/mol. The molecule has 0 bridgehead atoms. The molecule has 6 nitrogen and oxygen atoms in total. The molecule has 0 spiro atoms. The summed E-state index contributed by atoms with van der Waals surface area (Å²) in [6, 6.07) is 13.4. The fourth-order valence-electron chi connectivity index (χ4n) is 3.91.